The zero-order chi connectivity index (χ0) is 18.8. The Morgan fingerprint density at radius 2 is 2.07 bits per heavy atom. The first-order valence-corrected chi connectivity index (χ1v) is 8.08. The van der Waals surface area contributed by atoms with E-state index in [4.69, 9.17) is 0 Å². The summed E-state index contributed by atoms with van der Waals surface area (Å²) in [6.45, 7) is 1.72. The van der Waals surface area contributed by atoms with Crippen molar-refractivity contribution in [1.29, 1.82) is 0 Å². The molecule has 0 fully saturated rings. The second-order valence-electron chi connectivity index (χ2n) is 5.80. The molecular formula is C17H14N8O2. The summed E-state index contributed by atoms with van der Waals surface area (Å²) in [7, 11) is 0. The summed E-state index contributed by atoms with van der Waals surface area (Å²) in [6, 6.07) is 4.12. The van der Waals surface area contributed by atoms with Crippen molar-refractivity contribution >= 4 is 17.1 Å². The van der Waals surface area contributed by atoms with E-state index in [1.807, 2.05) is 0 Å². The highest BCUT2D eigenvalue weighted by Crippen LogP contribution is 2.14. The Kier molecular flexibility index (Phi) is 4.13. The van der Waals surface area contributed by atoms with Crippen molar-refractivity contribution in [3.63, 3.8) is 0 Å². The summed E-state index contributed by atoms with van der Waals surface area (Å²) >= 11 is 0. The molecule has 134 valence electrons. The summed E-state index contributed by atoms with van der Waals surface area (Å²) in [5, 5.41) is 2.80. The lowest BCUT2D eigenvalue weighted by Gasteiger charge is -2.14. The molecule has 4 aromatic rings. The van der Waals surface area contributed by atoms with Gasteiger partial charge in [-0.2, -0.15) is 0 Å². The van der Waals surface area contributed by atoms with E-state index >= 15 is 0 Å². The van der Waals surface area contributed by atoms with Gasteiger partial charge in [0.15, 0.2) is 5.65 Å². The van der Waals surface area contributed by atoms with Crippen molar-refractivity contribution in [2.45, 2.75) is 13.0 Å². The van der Waals surface area contributed by atoms with Crippen LogP contribution in [0.25, 0.3) is 22.6 Å². The summed E-state index contributed by atoms with van der Waals surface area (Å²) in [4.78, 5) is 50.5. The Morgan fingerprint density at radius 1 is 1.19 bits per heavy atom. The Balaban J connectivity index is 1.59. The van der Waals surface area contributed by atoms with Gasteiger partial charge in [0.2, 0.25) is 0 Å². The number of fused-ring (bicyclic) bond motifs is 1. The number of aromatic amines is 2. The average molecular weight is 362 g/mol. The standard InChI is InChI=1S/C17H14N8O2/c1-9(23-17(27)10-4-13-16(19-6-10)22-8-21-13)15-24-12(5-14(26)25-15)11-2-3-18-7-20-11/h2-9H,1H3,(H,23,27)(H,19,21,22)(H,24,25,26). The molecule has 0 saturated heterocycles. The summed E-state index contributed by atoms with van der Waals surface area (Å²) < 4.78 is 0. The summed E-state index contributed by atoms with van der Waals surface area (Å²) in [5.41, 5.74) is 2.14. The van der Waals surface area contributed by atoms with Crippen molar-refractivity contribution in [2.24, 2.45) is 0 Å². The number of hydrogen-bond acceptors (Lipinski definition) is 7. The maximum Gasteiger partial charge on any atom is 0.253 e. The van der Waals surface area contributed by atoms with Crippen LogP contribution in [-0.4, -0.2) is 40.8 Å². The molecule has 0 aliphatic carbocycles. The Labute approximate surface area is 152 Å². The molecule has 1 amide bonds. The van der Waals surface area contributed by atoms with Crippen LogP contribution in [0.5, 0.6) is 0 Å². The minimum Gasteiger partial charge on any atom is -0.343 e. The lowest BCUT2D eigenvalue weighted by atomic mass is 10.2. The lowest BCUT2D eigenvalue weighted by Crippen LogP contribution is -2.29. The third-order valence-electron chi connectivity index (χ3n) is 3.90. The molecule has 0 spiro atoms. The number of hydrogen-bond donors (Lipinski definition) is 3. The zero-order valence-electron chi connectivity index (χ0n) is 14.2. The highest BCUT2D eigenvalue weighted by molar-refractivity contribution is 5.96. The smallest absolute Gasteiger partial charge is 0.253 e. The van der Waals surface area contributed by atoms with Crippen LogP contribution < -0.4 is 10.9 Å². The van der Waals surface area contributed by atoms with E-state index in [1.54, 1.807) is 25.3 Å². The summed E-state index contributed by atoms with van der Waals surface area (Å²) in [6.07, 6.45) is 5.89. The fourth-order valence-electron chi connectivity index (χ4n) is 2.56. The van der Waals surface area contributed by atoms with E-state index < -0.39 is 6.04 Å². The fourth-order valence-corrected chi connectivity index (χ4v) is 2.56. The van der Waals surface area contributed by atoms with Gasteiger partial charge >= 0.3 is 0 Å². The van der Waals surface area contributed by atoms with Crippen molar-refractivity contribution in [3.8, 4) is 11.4 Å². The molecule has 0 aromatic carbocycles. The van der Waals surface area contributed by atoms with E-state index in [-0.39, 0.29) is 11.5 Å². The number of rotatable bonds is 4. The highest BCUT2D eigenvalue weighted by Gasteiger charge is 2.16. The molecule has 1 atom stereocenters. The van der Waals surface area contributed by atoms with Crippen molar-refractivity contribution in [2.75, 3.05) is 0 Å². The largest absolute Gasteiger partial charge is 0.343 e. The number of pyridine rings is 1. The third kappa shape index (κ3) is 3.40. The van der Waals surface area contributed by atoms with Crippen LogP contribution in [0.3, 0.4) is 0 Å². The van der Waals surface area contributed by atoms with Gasteiger partial charge in [0, 0.05) is 18.5 Å². The number of H-pyrrole nitrogens is 2. The molecule has 4 heterocycles. The van der Waals surface area contributed by atoms with Gasteiger partial charge in [0.1, 0.15) is 12.2 Å². The van der Waals surface area contributed by atoms with Crippen molar-refractivity contribution in [3.05, 3.63) is 65.0 Å². The SMILES string of the molecule is CC(NC(=O)c1cnc2nc[nH]c2c1)c1nc(-c2ccncn2)cc(=O)[nH]1. The van der Waals surface area contributed by atoms with Crippen LogP contribution in [0.1, 0.15) is 29.1 Å². The maximum absolute atomic E-state index is 12.5. The zero-order valence-corrected chi connectivity index (χ0v) is 14.2. The molecule has 0 aliphatic rings. The van der Waals surface area contributed by atoms with Gasteiger partial charge < -0.3 is 15.3 Å². The molecule has 10 nitrogen and oxygen atoms in total. The van der Waals surface area contributed by atoms with Crippen molar-refractivity contribution in [1.82, 2.24) is 40.2 Å². The number of imidazole rings is 1. The minimum absolute atomic E-state index is 0.319. The number of aromatic nitrogens is 7. The maximum atomic E-state index is 12.5. The van der Waals surface area contributed by atoms with E-state index in [2.05, 4.69) is 40.2 Å². The van der Waals surface area contributed by atoms with Crippen LogP contribution in [0.4, 0.5) is 0 Å². The van der Waals surface area contributed by atoms with E-state index in [0.717, 1.165) is 0 Å². The van der Waals surface area contributed by atoms with Crippen LogP contribution in [0, 0.1) is 0 Å². The van der Waals surface area contributed by atoms with Crippen LogP contribution in [0.2, 0.25) is 0 Å². The number of carbonyl (C=O) groups excluding carboxylic acids is 1. The number of amides is 1. The Morgan fingerprint density at radius 3 is 2.89 bits per heavy atom. The number of nitrogens with zero attached hydrogens (tertiary/aromatic N) is 5. The van der Waals surface area contributed by atoms with E-state index in [0.29, 0.717) is 33.9 Å². The molecule has 27 heavy (non-hydrogen) atoms. The van der Waals surface area contributed by atoms with Crippen LogP contribution in [0.15, 0.2) is 48.0 Å². The molecule has 0 aliphatic heterocycles. The molecule has 0 radical (unpaired) electrons. The third-order valence-corrected chi connectivity index (χ3v) is 3.90. The molecule has 10 heteroatoms. The second-order valence-corrected chi connectivity index (χ2v) is 5.80. The fraction of sp³-hybridized carbons (Fsp3) is 0.118. The first-order valence-electron chi connectivity index (χ1n) is 8.08. The van der Waals surface area contributed by atoms with Crippen LogP contribution in [-0.2, 0) is 0 Å². The van der Waals surface area contributed by atoms with E-state index in [9.17, 15) is 9.59 Å². The normalized spacial score (nSPS) is 12.0. The highest BCUT2D eigenvalue weighted by atomic mass is 16.1. The quantitative estimate of drug-likeness (QED) is 0.491. The topological polar surface area (TPSA) is 142 Å². The van der Waals surface area contributed by atoms with Gasteiger partial charge in [-0.25, -0.2) is 24.9 Å². The molecule has 4 aromatic heterocycles. The predicted molar refractivity (Wildman–Crippen MR) is 95.7 cm³/mol. The van der Waals surface area contributed by atoms with Crippen LogP contribution >= 0.6 is 0 Å². The van der Waals surface area contributed by atoms with Gasteiger partial charge in [-0.05, 0) is 19.1 Å². The number of carbonyl (C=O) groups is 1. The molecule has 4 rings (SSSR count). The van der Waals surface area contributed by atoms with Gasteiger partial charge in [0.25, 0.3) is 11.5 Å². The average Bonchev–Trinajstić information content (AvgIpc) is 3.16. The first-order chi connectivity index (χ1) is 13.1. The Bertz CT molecular complexity index is 1170. The molecule has 0 saturated carbocycles. The molecule has 0 bridgehead atoms. The Hall–Kier alpha value is -3.95. The molecule has 1 unspecified atom stereocenters. The second kappa shape index (κ2) is 6.75. The number of nitrogens with one attached hydrogen (secondary N) is 3. The van der Waals surface area contributed by atoms with Gasteiger partial charge in [-0.1, -0.05) is 0 Å². The monoisotopic (exact) mass is 362 g/mol. The first kappa shape index (κ1) is 16.5. The van der Waals surface area contributed by atoms with E-state index in [1.165, 1.54) is 24.9 Å². The van der Waals surface area contributed by atoms with Gasteiger partial charge in [0.05, 0.1) is 34.8 Å². The van der Waals surface area contributed by atoms with Gasteiger partial charge in [-0.3, -0.25) is 9.59 Å². The predicted octanol–water partition coefficient (Wildman–Crippen LogP) is 0.989. The van der Waals surface area contributed by atoms with Gasteiger partial charge in [-0.15, -0.1) is 0 Å². The lowest BCUT2D eigenvalue weighted by molar-refractivity contribution is 0.0938. The molecular weight excluding hydrogens is 348 g/mol. The molecule has 3 N–H and O–H groups in total. The van der Waals surface area contributed by atoms with Crippen molar-refractivity contribution < 1.29 is 4.79 Å². The minimum atomic E-state index is -0.538. The summed E-state index contributed by atoms with van der Waals surface area (Å²) in [5.74, 6) is -0.0263.